The zero-order valence-corrected chi connectivity index (χ0v) is 34.3. The fourth-order valence-corrected chi connectivity index (χ4v) is 8.26. The van der Waals surface area contributed by atoms with E-state index in [9.17, 15) is 0 Å². The van der Waals surface area contributed by atoms with Gasteiger partial charge in [-0.1, -0.05) is 188 Å². The summed E-state index contributed by atoms with van der Waals surface area (Å²) < 4.78 is 0. The lowest BCUT2D eigenvalue weighted by Crippen LogP contribution is -2.09. The number of anilines is 6. The van der Waals surface area contributed by atoms with Gasteiger partial charge in [0.1, 0.15) is 0 Å². The van der Waals surface area contributed by atoms with Gasteiger partial charge in [-0.05, 0) is 134 Å². The third kappa shape index (κ3) is 8.18. The molecule has 0 saturated carbocycles. The lowest BCUT2D eigenvalue weighted by Gasteiger charge is -2.26. The number of benzene rings is 10. The van der Waals surface area contributed by atoms with Crippen LogP contribution in [0.15, 0.2) is 267 Å². The zero-order chi connectivity index (χ0) is 41.5. The Morgan fingerprint density at radius 2 is 0.339 bits per heavy atom. The maximum atomic E-state index is 2.33. The van der Waals surface area contributed by atoms with Crippen molar-refractivity contribution >= 4 is 34.1 Å². The average molecular weight is 793 g/mol. The molecule has 0 atom stereocenters. The van der Waals surface area contributed by atoms with Crippen LogP contribution in [0, 0.1) is 0 Å². The van der Waals surface area contributed by atoms with Crippen LogP contribution in [0.1, 0.15) is 0 Å². The van der Waals surface area contributed by atoms with Gasteiger partial charge in [0.25, 0.3) is 0 Å². The highest BCUT2D eigenvalue weighted by Gasteiger charge is 2.16. The summed E-state index contributed by atoms with van der Waals surface area (Å²) in [5, 5.41) is 0. The lowest BCUT2D eigenvalue weighted by atomic mass is 9.98. The lowest BCUT2D eigenvalue weighted by molar-refractivity contribution is 1.28. The molecule has 0 N–H and O–H groups in total. The van der Waals surface area contributed by atoms with Crippen LogP contribution in [0.2, 0.25) is 0 Å². The van der Waals surface area contributed by atoms with E-state index in [0.717, 1.165) is 34.1 Å². The maximum absolute atomic E-state index is 2.33. The third-order valence-corrected chi connectivity index (χ3v) is 11.5. The van der Waals surface area contributed by atoms with Gasteiger partial charge in [0, 0.05) is 34.1 Å². The van der Waals surface area contributed by atoms with Crippen molar-refractivity contribution in [3.05, 3.63) is 267 Å². The predicted octanol–water partition coefficient (Wildman–Crippen LogP) is 17.0. The van der Waals surface area contributed by atoms with Gasteiger partial charge in [0.15, 0.2) is 0 Å². The van der Waals surface area contributed by atoms with Gasteiger partial charge >= 0.3 is 0 Å². The molecule has 0 bridgehead atoms. The van der Waals surface area contributed by atoms with Gasteiger partial charge in [-0.15, -0.1) is 0 Å². The van der Waals surface area contributed by atoms with Crippen molar-refractivity contribution in [2.45, 2.75) is 0 Å². The molecule has 294 valence electrons. The van der Waals surface area contributed by atoms with E-state index in [-0.39, 0.29) is 0 Å². The molecule has 0 amide bonds. The molecular formula is C60H44N2. The van der Waals surface area contributed by atoms with E-state index in [2.05, 4.69) is 277 Å². The summed E-state index contributed by atoms with van der Waals surface area (Å²) in [6, 6.07) is 95.5. The van der Waals surface area contributed by atoms with Crippen molar-refractivity contribution in [2.24, 2.45) is 0 Å². The van der Waals surface area contributed by atoms with E-state index in [4.69, 9.17) is 0 Å². The molecule has 0 aliphatic rings. The Morgan fingerprint density at radius 3 is 0.613 bits per heavy atom. The van der Waals surface area contributed by atoms with Gasteiger partial charge in [-0.2, -0.15) is 0 Å². The minimum atomic E-state index is 1.10. The van der Waals surface area contributed by atoms with Crippen molar-refractivity contribution in [3.8, 4) is 55.6 Å². The number of hydrogen-bond acceptors (Lipinski definition) is 2. The maximum Gasteiger partial charge on any atom is 0.0462 e. The molecule has 0 unspecified atom stereocenters. The van der Waals surface area contributed by atoms with Crippen molar-refractivity contribution in [3.63, 3.8) is 0 Å². The largest absolute Gasteiger partial charge is 0.311 e. The number of rotatable bonds is 11. The molecular weight excluding hydrogens is 749 g/mol. The van der Waals surface area contributed by atoms with Crippen LogP contribution in [-0.4, -0.2) is 0 Å². The molecule has 0 aliphatic heterocycles. The zero-order valence-electron chi connectivity index (χ0n) is 34.3. The Labute approximate surface area is 364 Å². The predicted molar refractivity (Wildman–Crippen MR) is 263 cm³/mol. The summed E-state index contributed by atoms with van der Waals surface area (Å²) in [6.07, 6.45) is 0. The second kappa shape index (κ2) is 17.6. The Hall–Kier alpha value is -8.20. The molecule has 10 aromatic carbocycles. The molecule has 0 saturated heterocycles. The molecule has 2 heteroatoms. The van der Waals surface area contributed by atoms with Crippen molar-refractivity contribution < 1.29 is 0 Å². The molecule has 2 nitrogen and oxygen atoms in total. The average Bonchev–Trinajstić information content (AvgIpc) is 3.36. The Balaban J connectivity index is 0.928. The topological polar surface area (TPSA) is 6.48 Å². The first-order chi connectivity index (χ1) is 30.7. The van der Waals surface area contributed by atoms with Crippen LogP contribution in [0.4, 0.5) is 34.1 Å². The number of nitrogens with zero attached hydrogens (tertiary/aromatic N) is 2. The van der Waals surface area contributed by atoms with Crippen LogP contribution < -0.4 is 9.80 Å². The first kappa shape index (κ1) is 38.0. The summed E-state index contributed by atoms with van der Waals surface area (Å²) in [5.41, 5.74) is 18.5. The highest BCUT2D eigenvalue weighted by molar-refractivity contribution is 5.83. The second-order valence-electron chi connectivity index (χ2n) is 15.4. The van der Waals surface area contributed by atoms with Crippen molar-refractivity contribution in [1.29, 1.82) is 0 Å². The minimum absolute atomic E-state index is 1.10. The molecule has 0 fully saturated rings. The molecule has 10 aromatic rings. The van der Waals surface area contributed by atoms with Gasteiger partial charge < -0.3 is 9.80 Å². The number of para-hydroxylation sites is 1. The summed E-state index contributed by atoms with van der Waals surface area (Å²) in [4.78, 5) is 4.65. The smallest absolute Gasteiger partial charge is 0.0462 e. The van der Waals surface area contributed by atoms with Crippen LogP contribution in [0.5, 0.6) is 0 Å². The Kier molecular flexibility index (Phi) is 10.8. The van der Waals surface area contributed by atoms with Crippen LogP contribution in [0.25, 0.3) is 55.6 Å². The Morgan fingerprint density at radius 1 is 0.145 bits per heavy atom. The quantitative estimate of drug-likeness (QED) is 0.129. The van der Waals surface area contributed by atoms with E-state index < -0.39 is 0 Å². The summed E-state index contributed by atoms with van der Waals surface area (Å²) >= 11 is 0. The van der Waals surface area contributed by atoms with E-state index >= 15 is 0 Å². The highest BCUT2D eigenvalue weighted by Crippen LogP contribution is 2.40. The van der Waals surface area contributed by atoms with Gasteiger partial charge in [0.2, 0.25) is 0 Å². The monoisotopic (exact) mass is 792 g/mol. The fraction of sp³-hybridized carbons (Fsp3) is 0. The first-order valence-corrected chi connectivity index (χ1v) is 21.2. The summed E-state index contributed by atoms with van der Waals surface area (Å²) in [6.45, 7) is 0. The molecule has 62 heavy (non-hydrogen) atoms. The summed E-state index contributed by atoms with van der Waals surface area (Å²) in [5.74, 6) is 0. The normalized spacial score (nSPS) is 10.9. The molecule has 10 rings (SSSR count). The molecule has 0 aromatic heterocycles. The van der Waals surface area contributed by atoms with Gasteiger partial charge in [-0.3, -0.25) is 0 Å². The standard InChI is InChI=1S/C60H44N2/c1-5-14-45(15-6-1)48-24-34-56(35-25-48)61(55-22-11-4-12-23-55)57-40-30-51(31-41-57)53-20-13-21-54(44-53)52-32-42-60(43-33-52)62(58-36-26-49(27-37-58)46-16-7-2-8-17-46)59-38-28-50(29-39-59)47-18-9-3-10-19-47/h1-44H. The van der Waals surface area contributed by atoms with Gasteiger partial charge in [0.05, 0.1) is 0 Å². The Bertz CT molecular complexity index is 2900. The molecule has 0 heterocycles. The van der Waals surface area contributed by atoms with E-state index in [1.807, 2.05) is 0 Å². The fourth-order valence-electron chi connectivity index (χ4n) is 8.26. The second-order valence-corrected chi connectivity index (χ2v) is 15.4. The molecule has 0 spiro atoms. The van der Waals surface area contributed by atoms with Crippen LogP contribution in [-0.2, 0) is 0 Å². The van der Waals surface area contributed by atoms with E-state index in [0.29, 0.717) is 0 Å². The van der Waals surface area contributed by atoms with Crippen LogP contribution >= 0.6 is 0 Å². The summed E-state index contributed by atoms with van der Waals surface area (Å²) in [7, 11) is 0. The van der Waals surface area contributed by atoms with E-state index in [1.54, 1.807) is 0 Å². The van der Waals surface area contributed by atoms with Crippen molar-refractivity contribution in [2.75, 3.05) is 9.80 Å². The van der Waals surface area contributed by atoms with Gasteiger partial charge in [-0.25, -0.2) is 0 Å². The number of hydrogen-bond donors (Lipinski definition) is 0. The van der Waals surface area contributed by atoms with Crippen LogP contribution in [0.3, 0.4) is 0 Å². The first-order valence-electron chi connectivity index (χ1n) is 21.2. The molecule has 0 aliphatic carbocycles. The minimum Gasteiger partial charge on any atom is -0.311 e. The highest BCUT2D eigenvalue weighted by atomic mass is 15.1. The third-order valence-electron chi connectivity index (χ3n) is 11.5. The molecule has 0 radical (unpaired) electrons. The SMILES string of the molecule is c1ccc(-c2ccc(N(c3ccccc3)c3ccc(-c4cccc(-c5ccc(N(c6ccc(-c7ccccc7)cc6)c6ccc(-c7ccccc7)cc6)cc5)c4)cc3)cc2)cc1. The van der Waals surface area contributed by atoms with E-state index in [1.165, 1.54) is 55.6 Å². The van der Waals surface area contributed by atoms with Crippen molar-refractivity contribution in [1.82, 2.24) is 0 Å².